The predicted molar refractivity (Wildman–Crippen MR) is 113 cm³/mol. The van der Waals surface area contributed by atoms with Gasteiger partial charge in [-0.05, 0) is 54.9 Å². The number of piperidine rings is 1. The first-order valence-corrected chi connectivity index (χ1v) is 10.4. The molecule has 1 atom stereocenters. The highest BCUT2D eigenvalue weighted by molar-refractivity contribution is 5.99. The number of aldehydes is 1. The third-order valence-corrected chi connectivity index (χ3v) is 6.43. The van der Waals surface area contributed by atoms with Crippen LogP contribution in [-0.2, 0) is 11.3 Å². The summed E-state index contributed by atoms with van der Waals surface area (Å²) < 4.78 is 0. The van der Waals surface area contributed by atoms with Gasteiger partial charge in [-0.25, -0.2) is 0 Å². The molecule has 0 aliphatic carbocycles. The van der Waals surface area contributed by atoms with Crippen LogP contribution in [0.15, 0.2) is 30.5 Å². The second-order valence-corrected chi connectivity index (χ2v) is 8.38. The van der Waals surface area contributed by atoms with E-state index in [0.29, 0.717) is 19.4 Å². The lowest BCUT2D eigenvalue weighted by Gasteiger charge is -2.35. The van der Waals surface area contributed by atoms with E-state index in [9.17, 15) is 9.59 Å². The summed E-state index contributed by atoms with van der Waals surface area (Å²) in [7, 11) is 1.81. The highest BCUT2D eigenvalue weighted by Crippen LogP contribution is 2.33. The van der Waals surface area contributed by atoms with Gasteiger partial charge in [0, 0.05) is 50.1 Å². The van der Waals surface area contributed by atoms with Crippen molar-refractivity contribution in [2.45, 2.75) is 52.1 Å². The van der Waals surface area contributed by atoms with E-state index in [0.717, 1.165) is 48.0 Å². The lowest BCUT2D eigenvalue weighted by Crippen LogP contribution is -2.39. The number of fused-ring (bicyclic) bond motifs is 1. The van der Waals surface area contributed by atoms with Crippen LogP contribution in [0.25, 0.3) is 0 Å². The minimum Gasteiger partial charge on any atom is -0.390 e. The Labute approximate surface area is 168 Å². The van der Waals surface area contributed by atoms with Crippen molar-refractivity contribution < 1.29 is 9.59 Å². The van der Waals surface area contributed by atoms with Crippen molar-refractivity contribution in [1.82, 2.24) is 10.2 Å². The molecular weight excluding hydrogens is 350 g/mol. The Morgan fingerprint density at radius 2 is 2.04 bits per heavy atom. The second kappa shape index (κ2) is 8.80. The zero-order chi connectivity index (χ0) is 20.3. The summed E-state index contributed by atoms with van der Waals surface area (Å²) in [5.74, 6) is 1.60. The van der Waals surface area contributed by atoms with Gasteiger partial charge < -0.3 is 19.9 Å². The largest absolute Gasteiger partial charge is 0.390 e. The van der Waals surface area contributed by atoms with E-state index >= 15 is 0 Å². The number of amides is 1. The van der Waals surface area contributed by atoms with E-state index in [1.165, 1.54) is 18.5 Å². The molecule has 28 heavy (non-hydrogen) atoms. The molecule has 0 radical (unpaired) electrons. The smallest absolute Gasteiger partial charge is 0.255 e. The molecule has 2 heterocycles. The molecule has 1 unspecified atom stereocenters. The number of benzene rings is 1. The van der Waals surface area contributed by atoms with Crippen LogP contribution < -0.4 is 10.2 Å². The average molecular weight is 384 g/mol. The zero-order valence-corrected chi connectivity index (χ0v) is 17.4. The van der Waals surface area contributed by atoms with Crippen LogP contribution in [-0.4, -0.2) is 43.3 Å². The molecule has 0 aromatic heterocycles. The van der Waals surface area contributed by atoms with E-state index in [1.807, 2.05) is 18.0 Å². The molecule has 0 spiro atoms. The molecule has 1 fully saturated rings. The van der Waals surface area contributed by atoms with Crippen molar-refractivity contribution in [3.8, 4) is 0 Å². The van der Waals surface area contributed by atoms with Crippen molar-refractivity contribution in [2.24, 2.45) is 11.8 Å². The third kappa shape index (κ3) is 4.08. The Morgan fingerprint density at radius 1 is 1.32 bits per heavy atom. The van der Waals surface area contributed by atoms with Crippen molar-refractivity contribution in [2.75, 3.05) is 25.0 Å². The van der Waals surface area contributed by atoms with Crippen molar-refractivity contribution in [3.63, 3.8) is 0 Å². The lowest BCUT2D eigenvalue weighted by atomic mass is 9.86. The van der Waals surface area contributed by atoms with Crippen LogP contribution in [0.3, 0.4) is 0 Å². The summed E-state index contributed by atoms with van der Waals surface area (Å²) in [6.45, 7) is 11.4. The summed E-state index contributed by atoms with van der Waals surface area (Å²) in [5, 5.41) is 3.06. The molecule has 1 aromatic rings. The van der Waals surface area contributed by atoms with Gasteiger partial charge in [-0.15, -0.1) is 0 Å². The highest BCUT2D eigenvalue weighted by Gasteiger charge is 2.34. The average Bonchev–Trinajstić information content (AvgIpc) is 3.04. The molecule has 0 saturated carbocycles. The number of nitrogens with one attached hydrogen (secondary N) is 1. The van der Waals surface area contributed by atoms with Gasteiger partial charge in [0.2, 0.25) is 0 Å². The molecule has 5 heteroatoms. The molecule has 5 nitrogen and oxygen atoms in total. The van der Waals surface area contributed by atoms with Crippen molar-refractivity contribution >= 4 is 17.9 Å². The van der Waals surface area contributed by atoms with Crippen LogP contribution in [0, 0.1) is 11.8 Å². The first kappa shape index (κ1) is 20.4. The van der Waals surface area contributed by atoms with Crippen LogP contribution >= 0.6 is 0 Å². The standard InChI is InChI=1S/C23H33N3O2/c1-16(2)18-9-11-25(12-10-18)20-7-8-21-19(14-20)15-26(23(21)28)22(6-5-13-27)17(3)24-4/h7-8,13-14,16,18,22,24H,3,5-6,9-12,15H2,1-2,4H3. The molecule has 2 aliphatic heterocycles. The van der Waals surface area contributed by atoms with E-state index in [4.69, 9.17) is 0 Å². The summed E-state index contributed by atoms with van der Waals surface area (Å²) >= 11 is 0. The van der Waals surface area contributed by atoms with Gasteiger partial charge in [0.1, 0.15) is 6.29 Å². The second-order valence-electron chi connectivity index (χ2n) is 8.38. The monoisotopic (exact) mass is 383 g/mol. The summed E-state index contributed by atoms with van der Waals surface area (Å²) in [5.41, 5.74) is 3.85. The number of nitrogens with zero attached hydrogens (tertiary/aromatic N) is 2. The van der Waals surface area contributed by atoms with E-state index in [-0.39, 0.29) is 11.9 Å². The molecule has 1 N–H and O–H groups in total. The molecule has 2 aliphatic rings. The Kier molecular flexibility index (Phi) is 6.42. The first-order valence-electron chi connectivity index (χ1n) is 10.4. The third-order valence-electron chi connectivity index (χ3n) is 6.43. The van der Waals surface area contributed by atoms with Gasteiger partial charge in [0.25, 0.3) is 5.91 Å². The number of anilines is 1. The Bertz CT molecular complexity index is 735. The quantitative estimate of drug-likeness (QED) is 0.697. The fourth-order valence-electron chi connectivity index (χ4n) is 4.51. The maximum atomic E-state index is 13.0. The van der Waals surface area contributed by atoms with Crippen LogP contribution in [0.5, 0.6) is 0 Å². The minimum atomic E-state index is -0.166. The van der Waals surface area contributed by atoms with Crippen molar-refractivity contribution in [3.05, 3.63) is 41.6 Å². The van der Waals surface area contributed by atoms with Gasteiger partial charge in [-0.3, -0.25) is 4.79 Å². The highest BCUT2D eigenvalue weighted by atomic mass is 16.2. The molecular formula is C23H33N3O2. The predicted octanol–water partition coefficient (Wildman–Crippen LogP) is 3.60. The lowest BCUT2D eigenvalue weighted by molar-refractivity contribution is -0.108. The molecule has 152 valence electrons. The first-order chi connectivity index (χ1) is 13.5. The van der Waals surface area contributed by atoms with Gasteiger partial charge in [0.05, 0.1) is 6.04 Å². The SMILES string of the molecule is C=C(NC)C(CCC=O)N1Cc2cc(N3CCC(C(C)C)CC3)ccc2C1=O. The topological polar surface area (TPSA) is 52.7 Å². The van der Waals surface area contributed by atoms with Gasteiger partial charge in [0.15, 0.2) is 0 Å². The maximum Gasteiger partial charge on any atom is 0.255 e. The number of carbonyl (C=O) groups excluding carboxylic acids is 2. The Balaban J connectivity index is 1.75. The van der Waals surface area contributed by atoms with Gasteiger partial charge >= 0.3 is 0 Å². The maximum absolute atomic E-state index is 13.0. The van der Waals surface area contributed by atoms with Crippen LogP contribution in [0.4, 0.5) is 5.69 Å². The van der Waals surface area contributed by atoms with E-state index in [1.54, 1.807) is 0 Å². The summed E-state index contributed by atoms with van der Waals surface area (Å²) in [6, 6.07) is 6.08. The molecule has 1 amide bonds. The number of carbonyl (C=O) groups is 2. The molecule has 3 rings (SSSR count). The molecule has 0 bridgehead atoms. The Hall–Kier alpha value is -2.30. The van der Waals surface area contributed by atoms with Gasteiger partial charge in [-0.2, -0.15) is 0 Å². The zero-order valence-electron chi connectivity index (χ0n) is 17.4. The van der Waals surface area contributed by atoms with E-state index < -0.39 is 0 Å². The normalized spacial score (nSPS) is 18.4. The Morgan fingerprint density at radius 3 is 2.64 bits per heavy atom. The van der Waals surface area contributed by atoms with Crippen LogP contribution in [0.1, 0.15) is 55.5 Å². The fraction of sp³-hybridized carbons (Fsp3) is 0.565. The number of hydrogen-bond acceptors (Lipinski definition) is 4. The van der Waals surface area contributed by atoms with E-state index in [2.05, 4.69) is 42.8 Å². The van der Waals surface area contributed by atoms with Crippen molar-refractivity contribution in [1.29, 1.82) is 0 Å². The number of likely N-dealkylation sites (N-methyl/N-ethyl adjacent to an activating group) is 1. The summed E-state index contributed by atoms with van der Waals surface area (Å²) in [4.78, 5) is 28.1. The minimum absolute atomic E-state index is 0.0346. The van der Waals surface area contributed by atoms with Gasteiger partial charge in [-0.1, -0.05) is 20.4 Å². The van der Waals surface area contributed by atoms with Crippen LogP contribution in [0.2, 0.25) is 0 Å². The fourth-order valence-corrected chi connectivity index (χ4v) is 4.51. The number of hydrogen-bond donors (Lipinski definition) is 1. The number of rotatable bonds is 8. The molecule has 1 saturated heterocycles. The summed E-state index contributed by atoms with van der Waals surface area (Å²) in [6.07, 6.45) is 4.38. The molecule has 1 aromatic carbocycles.